The number of nitrogens with two attached hydrogens (primary N) is 1. The molecule has 17 heavy (non-hydrogen) atoms. The van der Waals surface area contributed by atoms with Crippen LogP contribution < -0.4 is 5.73 Å². The van der Waals surface area contributed by atoms with Crippen LogP contribution in [0, 0.1) is 6.92 Å². The van der Waals surface area contributed by atoms with Gasteiger partial charge in [-0.25, -0.2) is 0 Å². The number of hydrogen-bond donors (Lipinski definition) is 1. The second-order valence-electron chi connectivity index (χ2n) is 4.04. The fourth-order valence-corrected chi connectivity index (χ4v) is 2.59. The van der Waals surface area contributed by atoms with Gasteiger partial charge in [0, 0.05) is 16.1 Å². The molecule has 2 N–H and O–H groups in total. The van der Waals surface area contributed by atoms with Crippen molar-refractivity contribution >= 4 is 22.8 Å². The highest BCUT2D eigenvalue weighted by Gasteiger charge is 2.14. The maximum Gasteiger partial charge on any atom is 0.205 e. The van der Waals surface area contributed by atoms with Gasteiger partial charge in [-0.15, -0.1) is 11.3 Å². The minimum Gasteiger partial charge on any atom is -0.398 e. The third-order valence-electron chi connectivity index (χ3n) is 2.69. The van der Waals surface area contributed by atoms with Crippen LogP contribution in [0.2, 0.25) is 0 Å². The van der Waals surface area contributed by atoms with E-state index in [0.717, 1.165) is 16.9 Å². The van der Waals surface area contributed by atoms with E-state index in [0.29, 0.717) is 11.3 Å². The van der Waals surface area contributed by atoms with Gasteiger partial charge in [-0.05, 0) is 37.6 Å². The summed E-state index contributed by atoms with van der Waals surface area (Å²) in [6.45, 7) is 4.04. The highest BCUT2D eigenvalue weighted by molar-refractivity contribution is 7.14. The molecule has 0 aliphatic rings. The number of thiophene rings is 1. The Balaban J connectivity index is 2.39. The van der Waals surface area contributed by atoms with Gasteiger partial charge in [0.2, 0.25) is 5.78 Å². The maximum absolute atomic E-state index is 12.3. The molecule has 0 radical (unpaired) electrons. The van der Waals surface area contributed by atoms with E-state index in [1.165, 1.54) is 4.88 Å². The van der Waals surface area contributed by atoms with Crippen LogP contribution in [0.1, 0.15) is 32.6 Å². The number of aryl methyl sites for hydroxylation is 2. The second-order valence-corrected chi connectivity index (χ2v) is 5.21. The van der Waals surface area contributed by atoms with Crippen molar-refractivity contribution in [2.24, 2.45) is 0 Å². The van der Waals surface area contributed by atoms with E-state index in [9.17, 15) is 4.79 Å². The lowest BCUT2D eigenvalue weighted by Crippen LogP contribution is -2.03. The quantitative estimate of drug-likeness (QED) is 0.665. The average molecular weight is 245 g/mol. The molecule has 0 spiro atoms. The van der Waals surface area contributed by atoms with E-state index in [-0.39, 0.29) is 5.78 Å². The molecule has 1 heterocycles. The number of anilines is 1. The summed E-state index contributed by atoms with van der Waals surface area (Å²) in [5, 5.41) is 0. The Labute approximate surface area is 105 Å². The number of nitrogen functional groups attached to an aromatic ring is 1. The summed E-state index contributed by atoms with van der Waals surface area (Å²) >= 11 is 1.55. The minimum absolute atomic E-state index is 0.0240. The molecule has 0 fully saturated rings. The molecule has 2 rings (SSSR count). The summed E-state index contributed by atoms with van der Waals surface area (Å²) in [5.41, 5.74) is 8.06. The third kappa shape index (κ3) is 2.39. The van der Waals surface area contributed by atoms with Crippen molar-refractivity contribution in [1.82, 2.24) is 0 Å². The molecular formula is C14H15NOS. The monoisotopic (exact) mass is 245 g/mol. The molecule has 3 heteroatoms. The number of benzene rings is 1. The first kappa shape index (κ1) is 11.9. The minimum atomic E-state index is 0.0240. The van der Waals surface area contributed by atoms with E-state index in [2.05, 4.69) is 6.92 Å². The van der Waals surface area contributed by atoms with Crippen molar-refractivity contribution in [1.29, 1.82) is 0 Å². The number of carbonyl (C=O) groups excluding carboxylic acids is 1. The Hall–Kier alpha value is -1.61. The lowest BCUT2D eigenvalue weighted by molar-refractivity contribution is 0.104. The van der Waals surface area contributed by atoms with Gasteiger partial charge in [-0.3, -0.25) is 4.79 Å². The summed E-state index contributed by atoms with van der Waals surface area (Å²) in [7, 11) is 0. The zero-order valence-corrected chi connectivity index (χ0v) is 10.8. The first-order valence-electron chi connectivity index (χ1n) is 5.61. The highest BCUT2D eigenvalue weighted by atomic mass is 32.1. The van der Waals surface area contributed by atoms with Crippen LogP contribution in [0.25, 0.3) is 0 Å². The lowest BCUT2D eigenvalue weighted by atomic mass is 10.0. The standard InChI is InChI=1S/C14H15NOS/c1-3-10-5-7-13(17-10)14(16)11-8-9(2)4-6-12(11)15/h4-8H,3,15H2,1-2H3. The van der Waals surface area contributed by atoms with Gasteiger partial charge in [0.1, 0.15) is 0 Å². The van der Waals surface area contributed by atoms with Gasteiger partial charge in [0.05, 0.1) is 4.88 Å². The van der Waals surface area contributed by atoms with Crippen molar-refractivity contribution in [2.75, 3.05) is 5.73 Å². The Morgan fingerprint density at radius 1 is 1.29 bits per heavy atom. The summed E-state index contributed by atoms with van der Waals surface area (Å²) in [5.74, 6) is 0.0240. The molecule has 0 bridgehead atoms. The molecule has 0 saturated carbocycles. The van der Waals surface area contributed by atoms with Gasteiger partial charge >= 0.3 is 0 Å². The van der Waals surface area contributed by atoms with Crippen molar-refractivity contribution in [3.63, 3.8) is 0 Å². The molecule has 1 aromatic carbocycles. The fraction of sp³-hybridized carbons (Fsp3) is 0.214. The van der Waals surface area contributed by atoms with Gasteiger partial charge < -0.3 is 5.73 Å². The van der Waals surface area contributed by atoms with Crippen LogP contribution in [-0.2, 0) is 6.42 Å². The Bertz CT molecular complexity index is 557. The SMILES string of the molecule is CCc1ccc(C(=O)c2cc(C)ccc2N)s1. The van der Waals surface area contributed by atoms with Gasteiger partial charge in [-0.1, -0.05) is 18.6 Å². The number of carbonyl (C=O) groups is 1. The molecule has 0 atom stereocenters. The molecule has 2 nitrogen and oxygen atoms in total. The Morgan fingerprint density at radius 2 is 2.06 bits per heavy atom. The Morgan fingerprint density at radius 3 is 2.71 bits per heavy atom. The van der Waals surface area contributed by atoms with Crippen molar-refractivity contribution < 1.29 is 4.79 Å². The third-order valence-corrected chi connectivity index (χ3v) is 3.92. The summed E-state index contributed by atoms with van der Waals surface area (Å²) in [4.78, 5) is 14.3. The van der Waals surface area contributed by atoms with Gasteiger partial charge in [-0.2, -0.15) is 0 Å². The maximum atomic E-state index is 12.3. The van der Waals surface area contributed by atoms with Crippen molar-refractivity contribution in [2.45, 2.75) is 20.3 Å². The second kappa shape index (κ2) is 4.72. The lowest BCUT2D eigenvalue weighted by Gasteiger charge is -2.04. The predicted molar refractivity (Wildman–Crippen MR) is 72.7 cm³/mol. The van der Waals surface area contributed by atoms with E-state index in [1.54, 1.807) is 17.4 Å². The van der Waals surface area contributed by atoms with Gasteiger partial charge in [0.15, 0.2) is 0 Å². The summed E-state index contributed by atoms with van der Waals surface area (Å²) in [6, 6.07) is 9.44. The van der Waals surface area contributed by atoms with Crippen molar-refractivity contribution in [3.8, 4) is 0 Å². The van der Waals surface area contributed by atoms with Crippen LogP contribution in [0.15, 0.2) is 30.3 Å². The molecule has 88 valence electrons. The summed E-state index contributed by atoms with van der Waals surface area (Å²) in [6.07, 6.45) is 0.960. The molecule has 1 aromatic heterocycles. The molecule has 0 amide bonds. The first-order valence-corrected chi connectivity index (χ1v) is 6.43. The van der Waals surface area contributed by atoms with E-state index in [4.69, 9.17) is 5.73 Å². The fourth-order valence-electron chi connectivity index (χ4n) is 1.69. The molecule has 0 aliphatic heterocycles. The van der Waals surface area contributed by atoms with Crippen LogP contribution >= 0.6 is 11.3 Å². The smallest absolute Gasteiger partial charge is 0.205 e. The largest absolute Gasteiger partial charge is 0.398 e. The molecule has 2 aromatic rings. The number of hydrogen-bond acceptors (Lipinski definition) is 3. The van der Waals surface area contributed by atoms with Crippen LogP contribution in [0.3, 0.4) is 0 Å². The number of ketones is 1. The predicted octanol–water partition coefficient (Wildman–Crippen LogP) is 3.43. The average Bonchev–Trinajstić information content (AvgIpc) is 2.80. The van der Waals surface area contributed by atoms with Crippen LogP contribution in [0.4, 0.5) is 5.69 Å². The van der Waals surface area contributed by atoms with Crippen LogP contribution in [0.5, 0.6) is 0 Å². The highest BCUT2D eigenvalue weighted by Crippen LogP contribution is 2.23. The van der Waals surface area contributed by atoms with Gasteiger partial charge in [0.25, 0.3) is 0 Å². The Kier molecular flexibility index (Phi) is 3.29. The van der Waals surface area contributed by atoms with E-state index >= 15 is 0 Å². The zero-order valence-electron chi connectivity index (χ0n) is 9.99. The normalized spacial score (nSPS) is 10.5. The number of rotatable bonds is 3. The molecule has 0 unspecified atom stereocenters. The summed E-state index contributed by atoms with van der Waals surface area (Å²) < 4.78 is 0. The van der Waals surface area contributed by atoms with Crippen molar-refractivity contribution in [3.05, 3.63) is 51.2 Å². The zero-order chi connectivity index (χ0) is 12.4. The van der Waals surface area contributed by atoms with Crippen LogP contribution in [-0.4, -0.2) is 5.78 Å². The van der Waals surface area contributed by atoms with E-state index < -0.39 is 0 Å². The molecule has 0 aliphatic carbocycles. The first-order chi connectivity index (χ1) is 8.11. The van der Waals surface area contributed by atoms with E-state index in [1.807, 2.05) is 31.2 Å². The molecular weight excluding hydrogens is 230 g/mol. The molecule has 0 saturated heterocycles. The topological polar surface area (TPSA) is 43.1 Å².